The lowest BCUT2D eigenvalue weighted by atomic mass is 10.2. The molecule has 0 aliphatic rings. The second-order valence-corrected chi connectivity index (χ2v) is 3.63. The van der Waals surface area contributed by atoms with Crippen molar-refractivity contribution in [3.63, 3.8) is 0 Å². The zero-order chi connectivity index (χ0) is 13.4. The van der Waals surface area contributed by atoms with Crippen LogP contribution in [-0.2, 0) is 0 Å². The Morgan fingerprint density at radius 2 is 2.11 bits per heavy atom. The van der Waals surface area contributed by atoms with E-state index >= 15 is 0 Å². The lowest BCUT2D eigenvalue weighted by Crippen LogP contribution is -2.06. The van der Waals surface area contributed by atoms with Gasteiger partial charge in [0.15, 0.2) is 17.3 Å². The van der Waals surface area contributed by atoms with Crippen LogP contribution in [0.1, 0.15) is 5.56 Å². The monoisotopic (exact) mass is 254 g/mol. The molecule has 0 aliphatic heterocycles. The van der Waals surface area contributed by atoms with Crippen molar-refractivity contribution in [2.45, 2.75) is 6.92 Å². The fraction of sp³-hybridized carbons (Fsp3) is 0.100. The number of halogens is 2. The molecule has 0 saturated heterocycles. The topological polar surface area (TPSA) is 87.0 Å². The van der Waals surface area contributed by atoms with Crippen LogP contribution in [0.3, 0.4) is 0 Å². The Bertz CT molecular complexity index is 620. The van der Waals surface area contributed by atoms with Gasteiger partial charge in [0.25, 0.3) is 5.69 Å². The van der Waals surface area contributed by atoms with E-state index in [1.807, 2.05) is 0 Å². The summed E-state index contributed by atoms with van der Waals surface area (Å²) in [4.78, 5) is 9.98. The SMILES string of the molecule is Cc1cn(-c2c([N+](=O)[O-])ccc(F)c2F)nc1N. The lowest BCUT2D eigenvalue weighted by Gasteiger charge is -2.04. The van der Waals surface area contributed by atoms with Crippen LogP contribution in [0.15, 0.2) is 18.3 Å². The van der Waals surface area contributed by atoms with Crippen LogP contribution >= 0.6 is 0 Å². The summed E-state index contributed by atoms with van der Waals surface area (Å²) in [6.45, 7) is 1.60. The number of anilines is 1. The zero-order valence-electron chi connectivity index (χ0n) is 9.22. The molecule has 8 heteroatoms. The number of nitrogens with zero attached hydrogens (tertiary/aromatic N) is 3. The third kappa shape index (κ3) is 1.77. The Kier molecular flexibility index (Phi) is 2.70. The lowest BCUT2D eigenvalue weighted by molar-refractivity contribution is -0.384. The number of hydrogen-bond acceptors (Lipinski definition) is 4. The second kappa shape index (κ2) is 4.06. The van der Waals surface area contributed by atoms with E-state index in [2.05, 4.69) is 5.10 Å². The summed E-state index contributed by atoms with van der Waals surface area (Å²) in [5.74, 6) is -2.44. The van der Waals surface area contributed by atoms with Crippen molar-refractivity contribution in [1.82, 2.24) is 9.78 Å². The molecule has 0 radical (unpaired) electrons. The molecule has 94 valence electrons. The molecule has 6 nitrogen and oxygen atoms in total. The molecule has 0 spiro atoms. The number of rotatable bonds is 2. The van der Waals surface area contributed by atoms with Gasteiger partial charge in [0.2, 0.25) is 0 Å². The number of hydrogen-bond donors (Lipinski definition) is 1. The number of aryl methyl sites for hydroxylation is 1. The van der Waals surface area contributed by atoms with Gasteiger partial charge in [0.05, 0.1) is 4.92 Å². The van der Waals surface area contributed by atoms with Gasteiger partial charge < -0.3 is 5.73 Å². The van der Waals surface area contributed by atoms with Gasteiger partial charge in [-0.05, 0) is 13.0 Å². The maximum absolute atomic E-state index is 13.7. The molecule has 1 aromatic heterocycles. The first kappa shape index (κ1) is 12.0. The van der Waals surface area contributed by atoms with E-state index in [4.69, 9.17) is 5.73 Å². The second-order valence-electron chi connectivity index (χ2n) is 3.63. The number of nitrogens with two attached hydrogens (primary N) is 1. The van der Waals surface area contributed by atoms with Gasteiger partial charge in [-0.3, -0.25) is 10.1 Å². The van der Waals surface area contributed by atoms with Crippen molar-refractivity contribution in [3.8, 4) is 5.69 Å². The molecule has 1 aromatic carbocycles. The molecule has 0 aliphatic carbocycles. The third-order valence-electron chi connectivity index (χ3n) is 2.41. The fourth-order valence-corrected chi connectivity index (χ4v) is 1.48. The van der Waals surface area contributed by atoms with E-state index in [0.29, 0.717) is 11.6 Å². The standard InChI is InChI=1S/C10H8F2N4O2/c1-5-4-15(14-10(5)13)9-7(16(17)18)3-2-6(11)8(9)12/h2-4H,1H3,(H2,13,14). The van der Waals surface area contributed by atoms with Crippen LogP contribution in [0, 0.1) is 28.7 Å². The molecule has 1 heterocycles. The summed E-state index contributed by atoms with van der Waals surface area (Å²) >= 11 is 0. The highest BCUT2D eigenvalue weighted by molar-refractivity contribution is 5.54. The summed E-state index contributed by atoms with van der Waals surface area (Å²) in [6.07, 6.45) is 1.29. The van der Waals surface area contributed by atoms with Crippen LogP contribution in [-0.4, -0.2) is 14.7 Å². The van der Waals surface area contributed by atoms with Crippen molar-refractivity contribution in [3.05, 3.63) is 45.6 Å². The van der Waals surface area contributed by atoms with Crippen LogP contribution < -0.4 is 5.73 Å². The average Bonchev–Trinajstić information content (AvgIpc) is 2.62. The predicted molar refractivity (Wildman–Crippen MR) is 59.3 cm³/mol. The number of nitro benzene ring substituents is 1. The maximum Gasteiger partial charge on any atom is 0.298 e. The first-order valence-electron chi connectivity index (χ1n) is 4.86. The quantitative estimate of drug-likeness (QED) is 0.655. The number of nitro groups is 1. The summed E-state index contributed by atoms with van der Waals surface area (Å²) in [6, 6.07) is 1.57. The van der Waals surface area contributed by atoms with Gasteiger partial charge in [-0.25, -0.2) is 13.5 Å². The highest BCUT2D eigenvalue weighted by Crippen LogP contribution is 2.28. The van der Waals surface area contributed by atoms with Crippen LogP contribution in [0.5, 0.6) is 0 Å². The van der Waals surface area contributed by atoms with Crippen molar-refractivity contribution in [2.24, 2.45) is 0 Å². The Hall–Kier alpha value is -2.51. The summed E-state index contributed by atoms with van der Waals surface area (Å²) < 4.78 is 27.7. The first-order valence-corrected chi connectivity index (χ1v) is 4.86. The van der Waals surface area contributed by atoms with Gasteiger partial charge in [-0.1, -0.05) is 0 Å². The Morgan fingerprint density at radius 3 is 2.61 bits per heavy atom. The molecule has 0 bridgehead atoms. The van der Waals surface area contributed by atoms with Crippen LogP contribution in [0.4, 0.5) is 20.3 Å². The predicted octanol–water partition coefficient (Wildman–Crippen LogP) is 1.95. The van der Waals surface area contributed by atoms with E-state index < -0.39 is 27.9 Å². The average molecular weight is 254 g/mol. The van der Waals surface area contributed by atoms with Gasteiger partial charge >= 0.3 is 0 Å². The molecule has 0 fully saturated rings. The van der Waals surface area contributed by atoms with E-state index in [-0.39, 0.29) is 5.82 Å². The minimum atomic E-state index is -1.34. The van der Waals surface area contributed by atoms with Crippen molar-refractivity contribution in [2.75, 3.05) is 5.73 Å². The molecule has 2 N–H and O–H groups in total. The number of benzene rings is 1. The van der Waals surface area contributed by atoms with Crippen molar-refractivity contribution >= 4 is 11.5 Å². The van der Waals surface area contributed by atoms with Gasteiger partial charge in [-0.2, -0.15) is 5.10 Å². The smallest absolute Gasteiger partial charge is 0.298 e. The van der Waals surface area contributed by atoms with Gasteiger partial charge in [0, 0.05) is 17.8 Å². The third-order valence-corrected chi connectivity index (χ3v) is 2.41. The molecular weight excluding hydrogens is 246 g/mol. The van der Waals surface area contributed by atoms with E-state index in [1.165, 1.54) is 6.20 Å². The Balaban J connectivity index is 2.75. The van der Waals surface area contributed by atoms with E-state index in [9.17, 15) is 18.9 Å². The van der Waals surface area contributed by atoms with Gasteiger partial charge in [0.1, 0.15) is 5.82 Å². The largest absolute Gasteiger partial charge is 0.382 e. The first-order chi connectivity index (χ1) is 8.41. The number of nitrogen functional groups attached to an aromatic ring is 1. The fourth-order valence-electron chi connectivity index (χ4n) is 1.48. The van der Waals surface area contributed by atoms with Crippen molar-refractivity contribution < 1.29 is 13.7 Å². The molecule has 0 unspecified atom stereocenters. The Labute approximate surface area is 99.8 Å². The van der Waals surface area contributed by atoms with Gasteiger partial charge in [-0.15, -0.1) is 0 Å². The number of aromatic nitrogens is 2. The summed E-state index contributed by atoms with van der Waals surface area (Å²) in [7, 11) is 0. The summed E-state index contributed by atoms with van der Waals surface area (Å²) in [5.41, 5.74) is 4.83. The molecule has 0 amide bonds. The highest BCUT2D eigenvalue weighted by Gasteiger charge is 2.24. The zero-order valence-corrected chi connectivity index (χ0v) is 9.22. The maximum atomic E-state index is 13.7. The van der Waals surface area contributed by atoms with E-state index in [0.717, 1.165) is 10.7 Å². The minimum absolute atomic E-state index is 0.0907. The Morgan fingerprint density at radius 1 is 1.44 bits per heavy atom. The molecule has 0 saturated carbocycles. The van der Waals surface area contributed by atoms with Crippen LogP contribution in [0.25, 0.3) is 5.69 Å². The highest BCUT2D eigenvalue weighted by atomic mass is 19.2. The minimum Gasteiger partial charge on any atom is -0.382 e. The normalized spacial score (nSPS) is 10.6. The molecule has 2 aromatic rings. The van der Waals surface area contributed by atoms with Crippen LogP contribution in [0.2, 0.25) is 0 Å². The van der Waals surface area contributed by atoms with Crippen molar-refractivity contribution in [1.29, 1.82) is 0 Å². The molecule has 2 rings (SSSR count). The van der Waals surface area contributed by atoms with E-state index in [1.54, 1.807) is 6.92 Å². The molecule has 18 heavy (non-hydrogen) atoms. The molecular formula is C10H8F2N4O2. The molecule has 0 atom stereocenters. The summed E-state index contributed by atoms with van der Waals surface area (Å²) in [5, 5.41) is 14.5.